The van der Waals surface area contributed by atoms with Gasteiger partial charge in [-0.2, -0.15) is 0 Å². The van der Waals surface area contributed by atoms with Crippen molar-refractivity contribution in [3.63, 3.8) is 0 Å². The van der Waals surface area contributed by atoms with Crippen molar-refractivity contribution < 1.29 is 9.53 Å². The van der Waals surface area contributed by atoms with E-state index in [9.17, 15) is 4.79 Å². The molecule has 0 aliphatic carbocycles. The third-order valence-electron chi connectivity index (χ3n) is 3.48. The Bertz CT molecular complexity index is 533. The summed E-state index contributed by atoms with van der Waals surface area (Å²) in [5.74, 6) is 0. The van der Waals surface area contributed by atoms with Crippen LogP contribution in [0.3, 0.4) is 0 Å². The number of hydrogen-bond acceptors (Lipinski definition) is 3. The second kappa shape index (κ2) is 8.19. The van der Waals surface area contributed by atoms with Gasteiger partial charge in [0.2, 0.25) is 0 Å². The number of para-hydroxylation sites is 1. The molecule has 0 spiro atoms. The van der Waals surface area contributed by atoms with E-state index in [0.717, 1.165) is 18.5 Å². The maximum atomic E-state index is 11.6. The standard InChI is InChI=1S/C15H20ClN3O2S/c1-2-21-15(20)19-9-7-11(8-10-19)17-14(22)18-13-6-4-3-5-12(13)16/h3-6,11H,2,7-10H2,1H3,(H2,17,18,22). The molecule has 7 heteroatoms. The number of thiocarbonyl (C=S) groups is 1. The van der Waals surface area contributed by atoms with Crippen LogP contribution < -0.4 is 10.6 Å². The fraction of sp³-hybridized carbons (Fsp3) is 0.467. The smallest absolute Gasteiger partial charge is 0.409 e. The molecule has 2 N–H and O–H groups in total. The molecule has 2 rings (SSSR count). The third-order valence-corrected chi connectivity index (χ3v) is 4.03. The molecule has 1 aromatic carbocycles. The number of piperidine rings is 1. The van der Waals surface area contributed by atoms with Gasteiger partial charge in [0.1, 0.15) is 0 Å². The molecule has 0 aromatic heterocycles. The zero-order chi connectivity index (χ0) is 15.9. The predicted octanol–water partition coefficient (Wildman–Crippen LogP) is 3.25. The van der Waals surface area contributed by atoms with Crippen molar-refractivity contribution in [1.29, 1.82) is 0 Å². The number of hydrogen-bond donors (Lipinski definition) is 2. The van der Waals surface area contributed by atoms with Crippen molar-refractivity contribution in [2.45, 2.75) is 25.8 Å². The van der Waals surface area contributed by atoms with Gasteiger partial charge < -0.3 is 20.3 Å². The lowest BCUT2D eigenvalue weighted by atomic mass is 10.1. The molecule has 1 aliphatic rings. The van der Waals surface area contributed by atoms with Crippen molar-refractivity contribution in [3.8, 4) is 0 Å². The largest absolute Gasteiger partial charge is 0.450 e. The molecule has 120 valence electrons. The van der Waals surface area contributed by atoms with Gasteiger partial charge in [-0.05, 0) is 44.1 Å². The lowest BCUT2D eigenvalue weighted by Gasteiger charge is -2.32. The van der Waals surface area contributed by atoms with E-state index in [2.05, 4.69) is 10.6 Å². The fourth-order valence-electron chi connectivity index (χ4n) is 2.33. The minimum atomic E-state index is -0.238. The monoisotopic (exact) mass is 341 g/mol. The molecule has 1 saturated heterocycles. The minimum Gasteiger partial charge on any atom is -0.450 e. The summed E-state index contributed by atoms with van der Waals surface area (Å²) in [6.07, 6.45) is 1.43. The van der Waals surface area contributed by atoms with Gasteiger partial charge >= 0.3 is 6.09 Å². The Morgan fingerprint density at radius 1 is 1.41 bits per heavy atom. The molecule has 1 heterocycles. The highest BCUT2D eigenvalue weighted by Gasteiger charge is 2.23. The average molecular weight is 342 g/mol. The molecule has 22 heavy (non-hydrogen) atoms. The van der Waals surface area contributed by atoms with Gasteiger partial charge in [-0.15, -0.1) is 0 Å². The normalized spacial score (nSPS) is 15.3. The molecular formula is C15H20ClN3O2S. The van der Waals surface area contributed by atoms with Crippen molar-refractivity contribution in [2.75, 3.05) is 25.0 Å². The summed E-state index contributed by atoms with van der Waals surface area (Å²) in [7, 11) is 0. The minimum absolute atomic E-state index is 0.238. The number of nitrogens with zero attached hydrogens (tertiary/aromatic N) is 1. The second-order valence-electron chi connectivity index (χ2n) is 5.04. The van der Waals surface area contributed by atoms with Crippen LogP contribution in [0.2, 0.25) is 5.02 Å². The van der Waals surface area contributed by atoms with E-state index >= 15 is 0 Å². The Hall–Kier alpha value is -1.53. The molecule has 5 nitrogen and oxygen atoms in total. The molecule has 1 aliphatic heterocycles. The molecule has 0 unspecified atom stereocenters. The highest BCUT2D eigenvalue weighted by Crippen LogP contribution is 2.20. The molecule has 0 atom stereocenters. The van der Waals surface area contributed by atoms with Crippen molar-refractivity contribution in [2.24, 2.45) is 0 Å². The number of carbonyl (C=O) groups is 1. The van der Waals surface area contributed by atoms with Gasteiger partial charge in [0.05, 0.1) is 17.3 Å². The van der Waals surface area contributed by atoms with E-state index in [-0.39, 0.29) is 12.1 Å². The summed E-state index contributed by atoms with van der Waals surface area (Å²) < 4.78 is 5.00. The predicted molar refractivity (Wildman–Crippen MR) is 92.4 cm³/mol. The first-order valence-corrected chi connectivity index (χ1v) is 8.12. The maximum absolute atomic E-state index is 11.6. The first-order chi connectivity index (χ1) is 10.6. The summed E-state index contributed by atoms with van der Waals surface area (Å²) in [5, 5.41) is 7.54. The van der Waals surface area contributed by atoms with Crippen LogP contribution in [-0.4, -0.2) is 41.8 Å². The molecule has 0 radical (unpaired) electrons. The quantitative estimate of drug-likeness (QED) is 0.827. The van der Waals surface area contributed by atoms with Crippen molar-refractivity contribution in [1.82, 2.24) is 10.2 Å². The number of amides is 1. The Labute approximate surface area is 141 Å². The summed E-state index contributed by atoms with van der Waals surface area (Å²) in [5.41, 5.74) is 0.783. The Kier molecular flexibility index (Phi) is 6.27. The maximum Gasteiger partial charge on any atom is 0.409 e. The summed E-state index contributed by atoms with van der Waals surface area (Å²) >= 11 is 11.4. The number of likely N-dealkylation sites (tertiary alicyclic amines) is 1. The van der Waals surface area contributed by atoms with Crippen LogP contribution in [0, 0.1) is 0 Å². The summed E-state index contributed by atoms with van der Waals surface area (Å²) in [4.78, 5) is 13.4. The number of anilines is 1. The number of ether oxygens (including phenoxy) is 1. The van der Waals surface area contributed by atoms with Gasteiger partial charge in [0.25, 0.3) is 0 Å². The highest BCUT2D eigenvalue weighted by molar-refractivity contribution is 7.80. The van der Waals surface area contributed by atoms with Crippen LogP contribution in [0.1, 0.15) is 19.8 Å². The summed E-state index contributed by atoms with van der Waals surface area (Å²) in [6.45, 7) is 3.56. The molecule has 0 bridgehead atoms. The van der Waals surface area contributed by atoms with Crippen LogP contribution in [0.4, 0.5) is 10.5 Å². The van der Waals surface area contributed by atoms with Gasteiger partial charge in [-0.25, -0.2) is 4.79 Å². The van der Waals surface area contributed by atoms with Crippen LogP contribution in [0.5, 0.6) is 0 Å². The molecule has 1 fully saturated rings. The Morgan fingerprint density at radius 2 is 2.09 bits per heavy atom. The lowest BCUT2D eigenvalue weighted by molar-refractivity contribution is 0.0964. The summed E-state index contributed by atoms with van der Waals surface area (Å²) in [6, 6.07) is 7.70. The van der Waals surface area contributed by atoms with Gasteiger partial charge in [0, 0.05) is 19.1 Å². The van der Waals surface area contributed by atoms with Crippen molar-refractivity contribution >= 4 is 40.7 Å². The van der Waals surface area contributed by atoms with Crippen LogP contribution >= 0.6 is 23.8 Å². The zero-order valence-electron chi connectivity index (χ0n) is 12.5. The molecule has 0 saturated carbocycles. The van der Waals surface area contributed by atoms with Crippen LogP contribution in [0.25, 0.3) is 0 Å². The first kappa shape index (κ1) is 16.8. The highest BCUT2D eigenvalue weighted by atomic mass is 35.5. The zero-order valence-corrected chi connectivity index (χ0v) is 14.0. The number of carbonyl (C=O) groups excluding carboxylic acids is 1. The van der Waals surface area contributed by atoms with E-state index < -0.39 is 0 Å². The topological polar surface area (TPSA) is 53.6 Å². The molecule has 1 aromatic rings. The van der Waals surface area contributed by atoms with E-state index in [4.69, 9.17) is 28.6 Å². The number of halogens is 1. The Morgan fingerprint density at radius 3 is 2.73 bits per heavy atom. The van der Waals surface area contributed by atoms with E-state index in [1.807, 2.05) is 31.2 Å². The molecule has 1 amide bonds. The molecular weight excluding hydrogens is 322 g/mol. The lowest BCUT2D eigenvalue weighted by Crippen LogP contribution is -2.47. The van der Waals surface area contributed by atoms with Crippen LogP contribution in [0.15, 0.2) is 24.3 Å². The number of rotatable bonds is 3. The van der Waals surface area contributed by atoms with E-state index in [0.29, 0.717) is 29.8 Å². The first-order valence-electron chi connectivity index (χ1n) is 7.34. The SMILES string of the molecule is CCOC(=O)N1CCC(NC(=S)Nc2ccccc2Cl)CC1. The van der Waals surface area contributed by atoms with Crippen molar-refractivity contribution in [3.05, 3.63) is 29.3 Å². The third kappa shape index (κ3) is 4.74. The van der Waals surface area contributed by atoms with Gasteiger partial charge in [-0.1, -0.05) is 23.7 Å². The number of nitrogens with one attached hydrogen (secondary N) is 2. The fourth-order valence-corrected chi connectivity index (χ4v) is 2.79. The van der Waals surface area contributed by atoms with E-state index in [1.54, 1.807) is 4.90 Å². The van der Waals surface area contributed by atoms with Gasteiger partial charge in [0.15, 0.2) is 5.11 Å². The van der Waals surface area contributed by atoms with Crippen LogP contribution in [-0.2, 0) is 4.74 Å². The van der Waals surface area contributed by atoms with Gasteiger partial charge in [-0.3, -0.25) is 0 Å². The van der Waals surface area contributed by atoms with E-state index in [1.165, 1.54) is 0 Å². The number of benzene rings is 1. The average Bonchev–Trinajstić information content (AvgIpc) is 2.50. The Balaban J connectivity index is 1.77. The second-order valence-corrected chi connectivity index (χ2v) is 5.85.